The molecule has 1 fully saturated rings. The number of nitrogens with one attached hydrogen (secondary N) is 1. The van der Waals surface area contributed by atoms with Crippen molar-refractivity contribution in [1.29, 1.82) is 0 Å². The molecule has 176 valence electrons. The van der Waals surface area contributed by atoms with Crippen LogP contribution in [0.1, 0.15) is 0 Å². The lowest BCUT2D eigenvalue weighted by atomic mass is 10.1. The number of anilines is 3. The van der Waals surface area contributed by atoms with Gasteiger partial charge in [0, 0.05) is 66.5 Å². The molecule has 2 aromatic carbocycles. The molecule has 0 saturated carbocycles. The van der Waals surface area contributed by atoms with Gasteiger partial charge in [0.15, 0.2) is 5.88 Å². The van der Waals surface area contributed by atoms with Gasteiger partial charge in [-0.05, 0) is 25.2 Å². The quantitative estimate of drug-likeness (QED) is 0.403. The SMILES string of the molecule is CN1CCN(c2cccc(Nc3ncc4cccc(-c5cnn(CS(=O)(=O)O)c5)c4n3)c2)CC1. The maximum Gasteiger partial charge on any atom is 0.285 e. The van der Waals surface area contributed by atoms with Crippen LogP contribution in [0.25, 0.3) is 22.0 Å². The van der Waals surface area contributed by atoms with E-state index in [2.05, 4.69) is 44.4 Å². The van der Waals surface area contributed by atoms with Crippen molar-refractivity contribution in [2.24, 2.45) is 0 Å². The minimum atomic E-state index is -4.19. The lowest BCUT2D eigenvalue weighted by molar-refractivity contribution is 0.313. The predicted octanol–water partition coefficient (Wildman–Crippen LogP) is 2.83. The number of aromatic nitrogens is 4. The van der Waals surface area contributed by atoms with Crippen molar-refractivity contribution >= 4 is 38.3 Å². The number of nitrogens with zero attached hydrogens (tertiary/aromatic N) is 6. The van der Waals surface area contributed by atoms with E-state index in [-0.39, 0.29) is 0 Å². The Balaban J connectivity index is 1.42. The fourth-order valence-electron chi connectivity index (χ4n) is 4.06. The smallest absolute Gasteiger partial charge is 0.285 e. The van der Waals surface area contributed by atoms with E-state index in [0.29, 0.717) is 17.0 Å². The Labute approximate surface area is 197 Å². The van der Waals surface area contributed by atoms with Gasteiger partial charge in [0.2, 0.25) is 5.95 Å². The Morgan fingerprint density at radius 1 is 1.06 bits per heavy atom. The molecule has 2 aromatic heterocycles. The van der Waals surface area contributed by atoms with Gasteiger partial charge < -0.3 is 15.1 Å². The van der Waals surface area contributed by atoms with Crippen molar-refractivity contribution in [1.82, 2.24) is 24.6 Å². The molecule has 1 aliphatic rings. The average Bonchev–Trinajstić information content (AvgIpc) is 3.26. The van der Waals surface area contributed by atoms with Crippen molar-refractivity contribution < 1.29 is 13.0 Å². The third-order valence-electron chi connectivity index (χ3n) is 5.82. The molecule has 0 aliphatic carbocycles. The molecule has 3 heterocycles. The summed E-state index contributed by atoms with van der Waals surface area (Å²) < 4.78 is 32.6. The second kappa shape index (κ2) is 9.01. The van der Waals surface area contributed by atoms with E-state index < -0.39 is 16.0 Å². The fourth-order valence-corrected chi connectivity index (χ4v) is 4.54. The van der Waals surface area contributed by atoms with Crippen LogP contribution in [0, 0.1) is 0 Å². The van der Waals surface area contributed by atoms with Crippen LogP contribution >= 0.6 is 0 Å². The van der Waals surface area contributed by atoms with Crippen LogP contribution in [0.3, 0.4) is 0 Å². The molecule has 2 N–H and O–H groups in total. The average molecular weight is 480 g/mol. The van der Waals surface area contributed by atoms with Gasteiger partial charge in [-0.2, -0.15) is 13.5 Å². The molecular formula is C23H25N7O3S. The molecule has 10 nitrogen and oxygen atoms in total. The second-order valence-corrected chi connectivity index (χ2v) is 9.80. The normalized spacial score (nSPS) is 15.1. The van der Waals surface area contributed by atoms with Crippen LogP contribution in [0.15, 0.2) is 61.1 Å². The summed E-state index contributed by atoms with van der Waals surface area (Å²) in [7, 11) is -2.05. The topological polar surface area (TPSA) is 116 Å². The van der Waals surface area contributed by atoms with E-state index in [4.69, 9.17) is 9.54 Å². The number of rotatable bonds is 6. The molecule has 34 heavy (non-hydrogen) atoms. The Morgan fingerprint density at radius 2 is 1.85 bits per heavy atom. The summed E-state index contributed by atoms with van der Waals surface area (Å²) >= 11 is 0. The number of benzene rings is 2. The van der Waals surface area contributed by atoms with Crippen LogP contribution in [-0.4, -0.2) is 70.8 Å². The highest BCUT2D eigenvalue weighted by molar-refractivity contribution is 7.84. The number of likely N-dealkylation sites (N-methyl/N-ethyl adjacent to an activating group) is 1. The molecule has 5 rings (SSSR count). The monoisotopic (exact) mass is 479 g/mol. The number of hydrogen-bond acceptors (Lipinski definition) is 8. The van der Waals surface area contributed by atoms with E-state index in [1.807, 2.05) is 30.3 Å². The van der Waals surface area contributed by atoms with E-state index in [1.54, 1.807) is 18.6 Å². The van der Waals surface area contributed by atoms with Gasteiger partial charge in [0.25, 0.3) is 10.1 Å². The van der Waals surface area contributed by atoms with Gasteiger partial charge >= 0.3 is 0 Å². The molecule has 1 saturated heterocycles. The van der Waals surface area contributed by atoms with Gasteiger partial charge in [0.05, 0.1) is 11.7 Å². The van der Waals surface area contributed by atoms with Crippen LogP contribution in [0.5, 0.6) is 0 Å². The van der Waals surface area contributed by atoms with Crippen molar-refractivity contribution in [3.05, 3.63) is 61.1 Å². The first kappa shape index (κ1) is 22.3. The maximum absolute atomic E-state index is 11.2. The molecule has 4 aromatic rings. The van der Waals surface area contributed by atoms with Crippen molar-refractivity contribution in [3.63, 3.8) is 0 Å². The highest BCUT2D eigenvalue weighted by Crippen LogP contribution is 2.28. The number of hydrogen-bond donors (Lipinski definition) is 2. The van der Waals surface area contributed by atoms with Crippen LogP contribution in [0.4, 0.5) is 17.3 Å². The zero-order valence-electron chi connectivity index (χ0n) is 18.7. The summed E-state index contributed by atoms with van der Waals surface area (Å²) in [5.41, 5.74) is 4.24. The molecule has 0 spiro atoms. The number of piperazine rings is 1. The van der Waals surface area contributed by atoms with E-state index in [1.165, 1.54) is 4.68 Å². The molecule has 0 atom stereocenters. The summed E-state index contributed by atoms with van der Waals surface area (Å²) in [5.74, 6) is -0.149. The van der Waals surface area contributed by atoms with E-state index in [0.717, 1.165) is 48.5 Å². The van der Waals surface area contributed by atoms with Crippen LogP contribution in [-0.2, 0) is 16.0 Å². The molecule has 0 unspecified atom stereocenters. The minimum Gasteiger partial charge on any atom is -0.369 e. The molecule has 0 radical (unpaired) electrons. The largest absolute Gasteiger partial charge is 0.369 e. The molecule has 0 amide bonds. The summed E-state index contributed by atoms with van der Waals surface area (Å²) in [6.45, 7) is 4.05. The Hall–Kier alpha value is -3.54. The van der Waals surface area contributed by atoms with Crippen molar-refractivity contribution in [2.45, 2.75) is 5.88 Å². The van der Waals surface area contributed by atoms with Crippen LogP contribution < -0.4 is 10.2 Å². The van der Waals surface area contributed by atoms with E-state index in [9.17, 15) is 8.42 Å². The summed E-state index contributed by atoms with van der Waals surface area (Å²) in [4.78, 5) is 13.9. The van der Waals surface area contributed by atoms with Crippen molar-refractivity contribution in [2.75, 3.05) is 43.4 Å². The van der Waals surface area contributed by atoms with Gasteiger partial charge in [-0.15, -0.1) is 0 Å². The zero-order valence-corrected chi connectivity index (χ0v) is 19.5. The van der Waals surface area contributed by atoms with Gasteiger partial charge in [-0.3, -0.25) is 9.23 Å². The van der Waals surface area contributed by atoms with Gasteiger partial charge in [-0.25, -0.2) is 9.97 Å². The standard InChI is InChI=1S/C23H25N7O3S/c1-28-8-10-29(11-9-28)20-6-3-5-19(12-20)26-23-24-13-17-4-2-7-21(22(17)27-23)18-14-25-30(15-18)16-34(31,32)33/h2-7,12-15H,8-11,16H2,1H3,(H,24,26,27)(H,31,32,33). The maximum atomic E-state index is 11.2. The fraction of sp³-hybridized carbons (Fsp3) is 0.261. The Bertz CT molecular complexity index is 1430. The molecule has 0 bridgehead atoms. The Kier molecular flexibility index (Phi) is 5.90. The number of para-hydroxylation sites is 1. The van der Waals surface area contributed by atoms with Gasteiger partial charge in [0.1, 0.15) is 0 Å². The molecular weight excluding hydrogens is 454 g/mol. The summed E-state index contributed by atoms with van der Waals surface area (Å²) in [6.07, 6.45) is 4.87. The third-order valence-corrected chi connectivity index (χ3v) is 6.41. The predicted molar refractivity (Wildman–Crippen MR) is 132 cm³/mol. The lowest BCUT2D eigenvalue weighted by Gasteiger charge is -2.34. The highest BCUT2D eigenvalue weighted by Gasteiger charge is 2.15. The van der Waals surface area contributed by atoms with E-state index >= 15 is 0 Å². The van der Waals surface area contributed by atoms with Crippen molar-refractivity contribution in [3.8, 4) is 11.1 Å². The Morgan fingerprint density at radius 3 is 2.65 bits per heavy atom. The third kappa shape index (κ3) is 5.01. The molecule has 11 heteroatoms. The summed E-state index contributed by atoms with van der Waals surface area (Å²) in [5, 5.41) is 8.20. The first-order chi connectivity index (χ1) is 16.3. The number of fused-ring (bicyclic) bond motifs is 1. The van der Waals surface area contributed by atoms with Gasteiger partial charge in [-0.1, -0.05) is 24.3 Å². The first-order valence-corrected chi connectivity index (χ1v) is 12.5. The zero-order chi connectivity index (χ0) is 23.7. The lowest BCUT2D eigenvalue weighted by Crippen LogP contribution is -2.44. The summed E-state index contributed by atoms with van der Waals surface area (Å²) in [6, 6.07) is 13.9. The second-order valence-electron chi connectivity index (χ2n) is 8.38. The molecule has 1 aliphatic heterocycles. The first-order valence-electron chi connectivity index (χ1n) is 10.9. The highest BCUT2D eigenvalue weighted by atomic mass is 32.2. The van der Waals surface area contributed by atoms with Crippen LogP contribution in [0.2, 0.25) is 0 Å². The minimum absolute atomic E-state index is 0.459.